The molecular formula is C32H36N6. The first kappa shape index (κ1) is 24.3. The highest BCUT2D eigenvalue weighted by Crippen LogP contribution is 2.41. The maximum absolute atomic E-state index is 4.76. The van der Waals surface area contributed by atoms with E-state index in [1.54, 1.807) is 0 Å². The first-order valence-corrected chi connectivity index (χ1v) is 13.6. The van der Waals surface area contributed by atoms with Crippen LogP contribution in [0.5, 0.6) is 0 Å². The van der Waals surface area contributed by atoms with Gasteiger partial charge in [0.1, 0.15) is 0 Å². The summed E-state index contributed by atoms with van der Waals surface area (Å²) in [5.41, 5.74) is 10.0. The SMILES string of the molecule is Cc1cc(C)cc(N2CN(CCCCN3CN(c4cc(C)cc(C)c4)c4ncccc43)c3cccnc32)c1. The summed E-state index contributed by atoms with van der Waals surface area (Å²) in [6, 6.07) is 22.0. The normalized spacial score (nSPS) is 14.3. The summed E-state index contributed by atoms with van der Waals surface area (Å²) >= 11 is 0. The molecule has 0 unspecified atom stereocenters. The topological polar surface area (TPSA) is 38.7 Å². The van der Waals surface area contributed by atoms with Crippen LogP contribution < -0.4 is 19.6 Å². The smallest absolute Gasteiger partial charge is 0.158 e. The summed E-state index contributed by atoms with van der Waals surface area (Å²) in [6.07, 6.45) is 6.03. The molecule has 4 heterocycles. The summed E-state index contributed by atoms with van der Waals surface area (Å²) in [6.45, 7) is 12.4. The molecule has 6 nitrogen and oxygen atoms in total. The van der Waals surface area contributed by atoms with Gasteiger partial charge in [0, 0.05) is 36.9 Å². The maximum Gasteiger partial charge on any atom is 0.158 e. The molecule has 0 spiro atoms. The minimum atomic E-state index is 0.839. The number of fused-ring (bicyclic) bond motifs is 2. The zero-order valence-electron chi connectivity index (χ0n) is 22.9. The van der Waals surface area contributed by atoms with E-state index in [1.165, 1.54) is 45.0 Å². The first-order chi connectivity index (χ1) is 18.5. The van der Waals surface area contributed by atoms with Crippen LogP contribution in [0.4, 0.5) is 34.4 Å². The van der Waals surface area contributed by atoms with Gasteiger partial charge in [-0.15, -0.1) is 0 Å². The van der Waals surface area contributed by atoms with E-state index in [0.29, 0.717) is 0 Å². The molecule has 0 amide bonds. The van der Waals surface area contributed by atoms with Crippen LogP contribution in [0.15, 0.2) is 73.1 Å². The Kier molecular flexibility index (Phi) is 6.40. The maximum atomic E-state index is 4.76. The molecule has 0 bridgehead atoms. The average molecular weight is 505 g/mol. The summed E-state index contributed by atoms with van der Waals surface area (Å²) < 4.78 is 0. The second-order valence-corrected chi connectivity index (χ2v) is 10.8. The Morgan fingerprint density at radius 3 is 1.37 bits per heavy atom. The Labute approximate surface area is 226 Å². The van der Waals surface area contributed by atoms with Crippen molar-refractivity contribution in [1.82, 2.24) is 9.97 Å². The van der Waals surface area contributed by atoms with Gasteiger partial charge in [0.15, 0.2) is 11.6 Å². The van der Waals surface area contributed by atoms with Gasteiger partial charge in [-0.2, -0.15) is 0 Å². The van der Waals surface area contributed by atoms with Crippen molar-refractivity contribution >= 4 is 34.4 Å². The fourth-order valence-electron chi connectivity index (χ4n) is 5.92. The third kappa shape index (κ3) is 4.67. The molecule has 6 heteroatoms. The van der Waals surface area contributed by atoms with Gasteiger partial charge >= 0.3 is 0 Å². The van der Waals surface area contributed by atoms with Crippen LogP contribution in [0, 0.1) is 27.7 Å². The standard InChI is InChI=1S/C32H36N6/c1-23-15-24(2)18-27(17-23)37-21-35(29-9-7-11-33-31(29)37)13-5-6-14-36-22-38(32-30(36)10-8-12-34-32)28-19-25(3)16-26(4)20-28/h7-12,15-20H,5-6,13-14,21-22H2,1-4H3. The molecule has 2 aromatic heterocycles. The number of benzene rings is 2. The van der Waals surface area contributed by atoms with Gasteiger partial charge in [0.05, 0.1) is 24.7 Å². The number of aryl methyl sites for hydroxylation is 4. The van der Waals surface area contributed by atoms with Crippen molar-refractivity contribution in [3.8, 4) is 0 Å². The second-order valence-electron chi connectivity index (χ2n) is 10.8. The van der Waals surface area contributed by atoms with Crippen molar-refractivity contribution in [3.05, 3.63) is 95.3 Å². The minimum Gasteiger partial charge on any atom is -0.350 e. The zero-order chi connectivity index (χ0) is 26.2. The van der Waals surface area contributed by atoms with Gasteiger partial charge in [0.2, 0.25) is 0 Å². The third-order valence-corrected chi connectivity index (χ3v) is 7.49. The van der Waals surface area contributed by atoms with Gasteiger partial charge in [-0.1, -0.05) is 12.1 Å². The van der Waals surface area contributed by atoms with Crippen LogP contribution >= 0.6 is 0 Å². The molecule has 0 N–H and O–H groups in total. The largest absolute Gasteiger partial charge is 0.350 e. The summed E-state index contributed by atoms with van der Waals surface area (Å²) in [5.74, 6) is 2.11. The molecule has 0 radical (unpaired) electrons. The number of hydrogen-bond donors (Lipinski definition) is 0. The monoisotopic (exact) mass is 504 g/mol. The lowest BCUT2D eigenvalue weighted by Gasteiger charge is -2.24. The molecule has 2 aromatic carbocycles. The molecule has 2 aliphatic heterocycles. The van der Waals surface area contributed by atoms with Crippen LogP contribution in [0.1, 0.15) is 35.1 Å². The van der Waals surface area contributed by atoms with E-state index in [0.717, 1.165) is 50.9 Å². The molecule has 0 saturated heterocycles. The van der Waals surface area contributed by atoms with Crippen molar-refractivity contribution in [3.63, 3.8) is 0 Å². The average Bonchev–Trinajstić information content (AvgIpc) is 3.44. The number of unbranched alkanes of at least 4 members (excludes halogenated alkanes) is 1. The quantitative estimate of drug-likeness (QED) is 0.252. The van der Waals surface area contributed by atoms with Crippen molar-refractivity contribution in [2.45, 2.75) is 40.5 Å². The molecule has 0 atom stereocenters. The van der Waals surface area contributed by atoms with Crippen LogP contribution in [-0.4, -0.2) is 36.4 Å². The molecule has 194 valence electrons. The van der Waals surface area contributed by atoms with Crippen molar-refractivity contribution in [2.75, 3.05) is 46.0 Å². The lowest BCUT2D eigenvalue weighted by molar-refractivity contribution is 0.678. The van der Waals surface area contributed by atoms with E-state index >= 15 is 0 Å². The number of rotatable bonds is 7. The summed E-state index contributed by atoms with van der Waals surface area (Å²) in [7, 11) is 0. The molecule has 0 aliphatic carbocycles. The predicted octanol–water partition coefficient (Wildman–Crippen LogP) is 7.02. The molecule has 38 heavy (non-hydrogen) atoms. The van der Waals surface area contributed by atoms with Crippen LogP contribution in [-0.2, 0) is 0 Å². The molecule has 6 rings (SSSR count). The number of aromatic nitrogens is 2. The van der Waals surface area contributed by atoms with Gasteiger partial charge in [-0.05, 0) is 111 Å². The third-order valence-electron chi connectivity index (χ3n) is 7.49. The minimum absolute atomic E-state index is 0.839. The van der Waals surface area contributed by atoms with Crippen molar-refractivity contribution in [2.24, 2.45) is 0 Å². The van der Waals surface area contributed by atoms with Crippen LogP contribution in [0.25, 0.3) is 0 Å². The number of anilines is 6. The molecular weight excluding hydrogens is 468 g/mol. The van der Waals surface area contributed by atoms with E-state index in [2.05, 4.69) is 95.8 Å². The lowest BCUT2D eigenvalue weighted by atomic mass is 10.1. The lowest BCUT2D eigenvalue weighted by Crippen LogP contribution is -2.31. The van der Waals surface area contributed by atoms with Gasteiger partial charge in [-0.3, -0.25) is 0 Å². The molecule has 0 fully saturated rings. The number of nitrogens with zero attached hydrogens (tertiary/aromatic N) is 6. The number of hydrogen-bond acceptors (Lipinski definition) is 6. The van der Waals surface area contributed by atoms with E-state index < -0.39 is 0 Å². The fraction of sp³-hybridized carbons (Fsp3) is 0.312. The zero-order valence-corrected chi connectivity index (χ0v) is 22.9. The molecule has 0 saturated carbocycles. The highest BCUT2D eigenvalue weighted by molar-refractivity contribution is 5.80. The van der Waals surface area contributed by atoms with E-state index in [-0.39, 0.29) is 0 Å². The van der Waals surface area contributed by atoms with Gasteiger partial charge in [-0.25, -0.2) is 9.97 Å². The summed E-state index contributed by atoms with van der Waals surface area (Å²) in [5, 5.41) is 0. The Bertz CT molecular complexity index is 1310. The first-order valence-electron chi connectivity index (χ1n) is 13.6. The van der Waals surface area contributed by atoms with Crippen molar-refractivity contribution in [1.29, 1.82) is 0 Å². The highest BCUT2D eigenvalue weighted by atomic mass is 15.4. The van der Waals surface area contributed by atoms with E-state index in [9.17, 15) is 0 Å². The van der Waals surface area contributed by atoms with Crippen LogP contribution in [0.2, 0.25) is 0 Å². The van der Waals surface area contributed by atoms with E-state index in [1.807, 2.05) is 24.5 Å². The fourth-order valence-corrected chi connectivity index (χ4v) is 5.92. The summed E-state index contributed by atoms with van der Waals surface area (Å²) in [4.78, 5) is 19.2. The van der Waals surface area contributed by atoms with E-state index in [4.69, 9.17) is 9.97 Å². The number of pyridine rings is 2. The van der Waals surface area contributed by atoms with Gasteiger partial charge in [0.25, 0.3) is 0 Å². The Morgan fingerprint density at radius 1 is 0.579 bits per heavy atom. The Morgan fingerprint density at radius 2 is 0.974 bits per heavy atom. The van der Waals surface area contributed by atoms with Crippen molar-refractivity contribution < 1.29 is 0 Å². The molecule has 2 aliphatic rings. The van der Waals surface area contributed by atoms with Crippen LogP contribution in [0.3, 0.4) is 0 Å². The Hall–Kier alpha value is -4.06. The van der Waals surface area contributed by atoms with Gasteiger partial charge < -0.3 is 19.6 Å². The Balaban J connectivity index is 1.12. The predicted molar refractivity (Wildman–Crippen MR) is 158 cm³/mol. The second kappa shape index (κ2) is 10.0. The highest BCUT2D eigenvalue weighted by Gasteiger charge is 2.29. The molecule has 4 aromatic rings.